The van der Waals surface area contributed by atoms with E-state index in [1.807, 2.05) is 0 Å². The summed E-state index contributed by atoms with van der Waals surface area (Å²) in [4.78, 5) is 35.1. The number of carbonyl (C=O) groups excluding carboxylic acids is 3. The molecule has 9 nitrogen and oxygen atoms in total. The van der Waals surface area contributed by atoms with Crippen LogP contribution in [-0.4, -0.2) is 95.6 Å². The molecule has 1 saturated heterocycles. The predicted octanol–water partition coefficient (Wildman–Crippen LogP) is 18.8. The van der Waals surface area contributed by atoms with E-state index >= 15 is 0 Å². The second kappa shape index (κ2) is 38.3. The van der Waals surface area contributed by atoms with Crippen LogP contribution in [0.2, 0.25) is 0 Å². The number of carbonyl (C=O) groups is 3. The Morgan fingerprint density at radius 2 is 0.810 bits per heavy atom. The van der Waals surface area contributed by atoms with Gasteiger partial charge < -0.3 is 31.0 Å². The van der Waals surface area contributed by atoms with Gasteiger partial charge in [-0.3, -0.25) is 14.4 Å². The van der Waals surface area contributed by atoms with Crippen LogP contribution in [0.1, 0.15) is 364 Å². The van der Waals surface area contributed by atoms with E-state index in [9.17, 15) is 24.6 Å². The number of aliphatic hydroxyl groups excluding tert-OH is 1. The smallest absolute Gasteiger partial charge is 1.00 e. The third-order valence-corrected chi connectivity index (χ3v) is 34.2. The Hall–Kier alpha value is -0.420. The Labute approximate surface area is 642 Å². The van der Waals surface area contributed by atoms with Crippen molar-refractivity contribution in [3.05, 3.63) is 0 Å². The largest absolute Gasteiger partial charge is 1.00 e. The van der Waals surface area contributed by atoms with E-state index < -0.39 is 5.60 Å². The van der Waals surface area contributed by atoms with Crippen molar-refractivity contribution in [2.45, 2.75) is 374 Å². The molecule has 13 rings (SSSR count). The second-order valence-electron chi connectivity index (χ2n) is 37.9. The Balaban J connectivity index is 0.000000367. The minimum Gasteiger partial charge on any atom is -1.00 e. The summed E-state index contributed by atoms with van der Waals surface area (Å²) in [6.45, 7) is 29.8. The van der Waals surface area contributed by atoms with Crippen LogP contribution in [0, 0.1) is 139 Å². The number of unbranched alkanes of at least 4 members (excludes halogenated alkanes) is 1. The number of hydrogen-bond acceptors (Lipinski definition) is 9. The molecule has 13 aliphatic rings. The zero-order valence-electron chi connectivity index (χ0n) is 65.1. The van der Waals surface area contributed by atoms with Crippen molar-refractivity contribution >= 4 is 35.1 Å². The molecule has 0 aromatic carbocycles. The topological polar surface area (TPSA) is 140 Å². The first-order valence-electron chi connectivity index (χ1n) is 41.0. The van der Waals surface area contributed by atoms with Gasteiger partial charge in [-0.15, -0.1) is 0 Å². The fourth-order valence-electron chi connectivity index (χ4n) is 28.3. The Morgan fingerprint density at radius 3 is 1.14 bits per heavy atom. The molecular weight excluding hydrogens is 1250 g/mol. The van der Waals surface area contributed by atoms with Gasteiger partial charge in [0.15, 0.2) is 17.4 Å². The van der Waals surface area contributed by atoms with E-state index in [2.05, 4.69) is 76.2 Å². The van der Waals surface area contributed by atoms with Crippen LogP contribution in [0.25, 0.3) is 0 Å². The minimum atomic E-state index is -0.391. The number of ketones is 1. The van der Waals surface area contributed by atoms with Crippen molar-refractivity contribution < 1.29 is 64.2 Å². The van der Waals surface area contributed by atoms with Gasteiger partial charge in [-0.05, 0) is 357 Å². The molecule has 0 spiro atoms. The van der Waals surface area contributed by atoms with E-state index in [1.54, 1.807) is 0 Å². The molecule has 0 aromatic rings. The van der Waals surface area contributed by atoms with Gasteiger partial charge in [0, 0.05) is 45.5 Å². The number of ether oxygens (including phenoxy) is 3. The van der Waals surface area contributed by atoms with Crippen molar-refractivity contribution in [1.82, 2.24) is 0 Å². The fraction of sp³-hybridized carbons (Fsp3) is 0.966. The maximum atomic E-state index is 12.1. The first-order chi connectivity index (χ1) is 44.7. The van der Waals surface area contributed by atoms with Crippen molar-refractivity contribution in [2.24, 2.45) is 139 Å². The van der Waals surface area contributed by atoms with E-state index in [1.165, 1.54) is 168 Å². The maximum absolute atomic E-state index is 12.1. The predicted molar refractivity (Wildman–Crippen MR) is 419 cm³/mol. The number of aliphatic hydroxyl groups is 3. The number of hydrogen-bond donors (Lipinski definition) is 3. The molecule has 0 aromatic heterocycles. The molecule has 12 saturated carbocycles. The maximum Gasteiger partial charge on any atom is 1.00 e. The Morgan fingerprint density at radius 1 is 0.470 bits per heavy atom. The van der Waals surface area contributed by atoms with Crippen LogP contribution >= 0.6 is 0 Å². The van der Waals surface area contributed by atoms with Gasteiger partial charge >= 0.3 is 30.8 Å². The summed E-state index contributed by atoms with van der Waals surface area (Å²) in [5, 5.41) is 31.2. The molecule has 26 atom stereocenters. The summed E-state index contributed by atoms with van der Waals surface area (Å²) in [7, 11) is 2.99. The monoisotopic (exact) mass is 1410 g/mol. The third kappa shape index (κ3) is 18.5. The summed E-state index contributed by atoms with van der Waals surface area (Å²) < 4.78 is 14.6. The van der Waals surface area contributed by atoms with Crippen LogP contribution in [0.4, 0.5) is 0 Å². The Kier molecular flexibility index (Phi) is 35.2. The quantitative estimate of drug-likeness (QED) is 0.0738. The van der Waals surface area contributed by atoms with Crippen LogP contribution in [0.15, 0.2) is 0 Å². The van der Waals surface area contributed by atoms with Gasteiger partial charge in [-0.2, -0.15) is 0 Å². The number of Topliss-reactive ketones (excluding diaryl/α,β-unsaturated/α-hetero) is 1. The summed E-state index contributed by atoms with van der Waals surface area (Å²) >= 11 is 0. The van der Waals surface area contributed by atoms with Crippen LogP contribution in [0.3, 0.4) is 0 Å². The number of esters is 2. The second-order valence-corrected chi connectivity index (χ2v) is 37.9. The van der Waals surface area contributed by atoms with Crippen LogP contribution < -0.4 is 18.9 Å². The molecular formula is C89H166AlLiO9. The summed E-state index contributed by atoms with van der Waals surface area (Å²) in [6.07, 6.45) is 47.9. The molecule has 0 unspecified atom stereocenters. The summed E-state index contributed by atoms with van der Waals surface area (Å²) in [5.41, 5.74) is 2.13. The molecule has 100 heavy (non-hydrogen) atoms. The first kappa shape index (κ1) is 92.0. The van der Waals surface area contributed by atoms with Gasteiger partial charge in [-0.25, -0.2) is 0 Å². The van der Waals surface area contributed by atoms with Gasteiger partial charge in [0.25, 0.3) is 0 Å². The van der Waals surface area contributed by atoms with Gasteiger partial charge in [0.2, 0.25) is 0 Å². The normalized spacial score (nSPS) is 43.7. The van der Waals surface area contributed by atoms with Crippen molar-refractivity contribution in [3.63, 3.8) is 0 Å². The average molecular weight is 1410 g/mol. The molecule has 580 valence electrons. The zero-order valence-corrected chi connectivity index (χ0v) is 64.1. The van der Waals surface area contributed by atoms with Gasteiger partial charge in [-0.1, -0.05) is 119 Å². The van der Waals surface area contributed by atoms with Crippen molar-refractivity contribution in [2.75, 3.05) is 34.0 Å². The zero-order chi connectivity index (χ0) is 67.7. The van der Waals surface area contributed by atoms with E-state index in [4.69, 9.17) is 19.3 Å². The molecule has 0 amide bonds. The molecule has 13 fully saturated rings. The first-order valence-corrected chi connectivity index (χ1v) is 41.0. The van der Waals surface area contributed by atoms with Crippen LogP contribution in [0.5, 0.6) is 0 Å². The van der Waals surface area contributed by atoms with Gasteiger partial charge in [0.1, 0.15) is 5.78 Å². The number of rotatable bonds is 17. The minimum absolute atomic E-state index is 0. The summed E-state index contributed by atoms with van der Waals surface area (Å²) in [5.74, 6) is 15.3. The van der Waals surface area contributed by atoms with E-state index in [-0.39, 0.29) is 84.9 Å². The molecule has 3 N–H and O–H groups in total. The number of fused-ring (bicyclic) bond motifs is 15. The molecule has 1 heterocycles. The van der Waals surface area contributed by atoms with Crippen molar-refractivity contribution in [3.8, 4) is 0 Å². The van der Waals surface area contributed by atoms with E-state index in [0.29, 0.717) is 75.5 Å². The molecule has 1 aliphatic heterocycles. The summed E-state index contributed by atoms with van der Waals surface area (Å²) in [6, 6.07) is 0. The Bertz CT molecular complexity index is 2490. The molecule has 12 aliphatic carbocycles. The van der Waals surface area contributed by atoms with Crippen LogP contribution in [-0.2, 0) is 28.6 Å². The molecule has 0 bridgehead atoms. The molecule has 11 heteroatoms. The molecule has 0 radical (unpaired) electrons. The standard InChI is InChI=1S/C28H48O3.C27H48O2.C26H42O3.C4H8O.4CH4.Al.Li.4H/c1-6-28(30)17-16-26(3)20(18-28)10-11-21-23-13-12-22(27(23,4)15-14-24(21)26)19(2)8-7-9-25(29)31-5;1-5-27(29)16-15-25(3)20(18-27)9-10-21-23-12-11-22(19(2)8-6-7-17-28)26(23,4)14-13-24(21)25;1-17(6-5-7-24(28)29-4)21-10-11-22-20-9-8-18-16-19(27)12-14-25(18,2)23(20)13-15-26(21,22)3;1-2-4-5-3-1;;;;;;;;;;/h19-24,30H,6-18H2,1-5H3;19-24,28-29H,5-18H2,1-4H3;17-18,20-23H,5-16H2,1-4H3;1-4H2;4*1H4;;;;;;/q;;;;;;;;;+1;;;;-1/t19-,20+,21+,22-,23+,24+,26+,27-,28+;19-,20+,21+,22-,23+,24+,25+,26-,27+;17-,18+,20+,21-,22+,23+,25+,26-;;;;;;;;;;;/m111.........../s1. The number of methoxy groups -OCH3 is 2. The SMILES string of the molecule is C.C.C.C.C1CCOC1.CC[C@]1(O)CC[C@@]2(C)[C@@H](CC[C@@H]3[C@@H]2CC[C@]2(C)[C@@H]([C@H](C)CCCC(=O)OC)CC[C@@H]32)C1.CC[C@]1(O)CC[C@@]2(C)[C@@H](CC[C@@H]3[C@@H]2CC[C@]2(C)[C@@H]([C@H](C)CCCCO)CC[C@@H]32)C1.COC(=O)CCC[C@@H](C)[C@H]1CC[C@H]2[C@@H]3CC[C@H]4CC(=O)CC[C@]4(C)[C@H]3CC[C@]12C.[AlH3].[H-].[Li+]. The van der Waals surface area contributed by atoms with Gasteiger partial charge in [0.05, 0.1) is 25.4 Å². The van der Waals surface area contributed by atoms with Crippen molar-refractivity contribution in [1.29, 1.82) is 0 Å². The third-order valence-electron chi connectivity index (χ3n) is 34.2. The fourth-order valence-corrected chi connectivity index (χ4v) is 28.3. The average Bonchev–Trinajstić information content (AvgIpc) is 1.70. The van der Waals surface area contributed by atoms with E-state index in [0.717, 1.165) is 192 Å².